The summed E-state index contributed by atoms with van der Waals surface area (Å²) >= 11 is 1.69. The molecule has 1 N–H and O–H groups in total. The molecule has 2 aliphatic rings. The second-order valence-electron chi connectivity index (χ2n) is 6.72. The maximum Gasteiger partial charge on any atom is 0.225 e. The zero-order valence-electron chi connectivity index (χ0n) is 14.5. The van der Waals surface area contributed by atoms with Crippen LogP contribution in [0, 0.1) is 5.92 Å². The number of thiophene rings is 1. The van der Waals surface area contributed by atoms with Gasteiger partial charge in [0.15, 0.2) is 0 Å². The number of likely N-dealkylation sites (tertiary alicyclic amines) is 1. The molecule has 24 heavy (non-hydrogen) atoms. The minimum atomic E-state index is -0.182. The number of hydrogen-bond donors (Lipinski definition) is 1. The van der Waals surface area contributed by atoms with Crippen LogP contribution in [0.3, 0.4) is 0 Å². The van der Waals surface area contributed by atoms with Crippen molar-refractivity contribution in [1.29, 1.82) is 0 Å². The summed E-state index contributed by atoms with van der Waals surface area (Å²) in [4.78, 5) is 28.8. The molecule has 0 radical (unpaired) electrons. The predicted octanol–water partition coefficient (Wildman–Crippen LogP) is 2.26. The Kier molecular flexibility index (Phi) is 5.56. The Labute approximate surface area is 148 Å². The molecule has 1 aromatic rings. The van der Waals surface area contributed by atoms with Crippen LogP contribution in [0.1, 0.15) is 44.7 Å². The van der Waals surface area contributed by atoms with Crippen LogP contribution in [0.2, 0.25) is 0 Å². The molecule has 1 aliphatic carbocycles. The van der Waals surface area contributed by atoms with Crippen molar-refractivity contribution in [1.82, 2.24) is 15.1 Å². The fraction of sp³-hybridized carbons (Fsp3) is 0.667. The normalized spacial score (nSPS) is 22.2. The number of nitrogens with one attached hydrogen (secondary N) is 1. The summed E-state index contributed by atoms with van der Waals surface area (Å²) in [6.07, 6.45) is 2.57. The van der Waals surface area contributed by atoms with Crippen molar-refractivity contribution in [3.8, 4) is 0 Å². The number of carbonyl (C=O) groups excluding carboxylic acids is 2. The summed E-state index contributed by atoms with van der Waals surface area (Å²) in [5.74, 6) is -0.00686. The Morgan fingerprint density at radius 2 is 2.17 bits per heavy atom. The quantitative estimate of drug-likeness (QED) is 0.783. The van der Waals surface area contributed by atoms with Gasteiger partial charge in [-0.3, -0.25) is 14.5 Å². The van der Waals surface area contributed by atoms with Crippen LogP contribution in [0.4, 0.5) is 0 Å². The largest absolute Gasteiger partial charge is 0.354 e. The number of carbonyl (C=O) groups is 2. The highest BCUT2D eigenvalue weighted by Gasteiger charge is 2.41. The zero-order valence-corrected chi connectivity index (χ0v) is 15.3. The molecular formula is C18H27N3O2S. The molecule has 2 fully saturated rings. The third-order valence-corrected chi connectivity index (χ3v) is 5.87. The molecule has 2 unspecified atom stereocenters. The summed E-state index contributed by atoms with van der Waals surface area (Å²) in [7, 11) is 0. The van der Waals surface area contributed by atoms with Gasteiger partial charge < -0.3 is 10.2 Å². The van der Waals surface area contributed by atoms with E-state index in [0.29, 0.717) is 25.6 Å². The van der Waals surface area contributed by atoms with Gasteiger partial charge in [0.25, 0.3) is 0 Å². The van der Waals surface area contributed by atoms with E-state index in [-0.39, 0.29) is 23.8 Å². The number of rotatable bonds is 8. The maximum absolute atomic E-state index is 12.5. The minimum absolute atomic E-state index is 0.0267. The van der Waals surface area contributed by atoms with Crippen LogP contribution in [0.15, 0.2) is 16.8 Å². The molecule has 3 rings (SSSR count). The van der Waals surface area contributed by atoms with Crippen molar-refractivity contribution in [2.75, 3.05) is 26.2 Å². The molecule has 1 saturated heterocycles. The SMILES string of the molecule is CCN(CC)C(CNC(=O)C1CC(=O)N(C2CC2)C1)c1ccsc1. The average Bonchev–Trinajstić information content (AvgIpc) is 3.13. The predicted molar refractivity (Wildman–Crippen MR) is 95.8 cm³/mol. The molecular weight excluding hydrogens is 322 g/mol. The molecule has 5 nitrogen and oxygen atoms in total. The first-order valence-corrected chi connectivity index (χ1v) is 9.91. The fourth-order valence-electron chi connectivity index (χ4n) is 3.57. The lowest BCUT2D eigenvalue weighted by atomic mass is 10.1. The van der Waals surface area contributed by atoms with E-state index in [2.05, 4.69) is 40.9 Å². The van der Waals surface area contributed by atoms with E-state index in [0.717, 1.165) is 25.9 Å². The number of nitrogens with zero attached hydrogens (tertiary/aromatic N) is 2. The van der Waals surface area contributed by atoms with Crippen LogP contribution in [0.25, 0.3) is 0 Å². The van der Waals surface area contributed by atoms with Crippen molar-refractivity contribution in [3.05, 3.63) is 22.4 Å². The van der Waals surface area contributed by atoms with E-state index in [4.69, 9.17) is 0 Å². The van der Waals surface area contributed by atoms with Gasteiger partial charge in [-0.25, -0.2) is 0 Å². The molecule has 0 spiro atoms. The first-order valence-electron chi connectivity index (χ1n) is 8.97. The molecule has 2 atom stereocenters. The number of amides is 2. The number of hydrogen-bond acceptors (Lipinski definition) is 4. The van der Waals surface area contributed by atoms with E-state index in [1.807, 2.05) is 4.90 Å². The highest BCUT2D eigenvalue weighted by molar-refractivity contribution is 7.07. The van der Waals surface area contributed by atoms with E-state index in [1.54, 1.807) is 11.3 Å². The van der Waals surface area contributed by atoms with Crippen molar-refractivity contribution in [3.63, 3.8) is 0 Å². The molecule has 1 saturated carbocycles. The van der Waals surface area contributed by atoms with Gasteiger partial charge in [0, 0.05) is 25.6 Å². The third-order valence-electron chi connectivity index (χ3n) is 5.17. The zero-order chi connectivity index (χ0) is 17.1. The molecule has 2 amide bonds. The Balaban J connectivity index is 1.58. The Morgan fingerprint density at radius 1 is 1.42 bits per heavy atom. The molecule has 0 bridgehead atoms. The third kappa shape index (κ3) is 3.81. The maximum atomic E-state index is 12.5. The lowest BCUT2D eigenvalue weighted by Crippen LogP contribution is -2.40. The summed E-state index contributed by atoms with van der Waals surface area (Å²) in [5.41, 5.74) is 1.26. The van der Waals surface area contributed by atoms with Gasteiger partial charge >= 0.3 is 0 Å². The number of likely N-dealkylation sites (N-methyl/N-ethyl adjacent to an activating group) is 1. The lowest BCUT2D eigenvalue weighted by Gasteiger charge is -2.29. The van der Waals surface area contributed by atoms with Gasteiger partial charge in [-0.2, -0.15) is 11.3 Å². The highest BCUT2D eigenvalue weighted by Crippen LogP contribution is 2.32. The van der Waals surface area contributed by atoms with Gasteiger partial charge in [-0.15, -0.1) is 0 Å². The van der Waals surface area contributed by atoms with Crippen LogP contribution in [-0.4, -0.2) is 53.8 Å². The molecule has 1 aromatic heterocycles. The molecule has 132 valence electrons. The van der Waals surface area contributed by atoms with Gasteiger partial charge in [-0.1, -0.05) is 13.8 Å². The van der Waals surface area contributed by atoms with Crippen LogP contribution in [0.5, 0.6) is 0 Å². The van der Waals surface area contributed by atoms with Gasteiger partial charge in [0.2, 0.25) is 11.8 Å². The molecule has 6 heteroatoms. The smallest absolute Gasteiger partial charge is 0.225 e. The monoisotopic (exact) mass is 349 g/mol. The molecule has 2 heterocycles. The average molecular weight is 350 g/mol. The summed E-state index contributed by atoms with van der Waals surface area (Å²) < 4.78 is 0. The first kappa shape index (κ1) is 17.4. The Morgan fingerprint density at radius 3 is 2.75 bits per heavy atom. The van der Waals surface area contributed by atoms with Gasteiger partial charge in [-0.05, 0) is 48.3 Å². The summed E-state index contributed by atoms with van der Waals surface area (Å²) in [5, 5.41) is 7.34. The minimum Gasteiger partial charge on any atom is -0.354 e. The molecule has 0 aromatic carbocycles. The Bertz CT molecular complexity index is 567. The second kappa shape index (κ2) is 7.66. The van der Waals surface area contributed by atoms with E-state index in [1.165, 1.54) is 5.56 Å². The van der Waals surface area contributed by atoms with Crippen molar-refractivity contribution < 1.29 is 9.59 Å². The fourth-order valence-corrected chi connectivity index (χ4v) is 4.28. The van der Waals surface area contributed by atoms with Crippen LogP contribution in [-0.2, 0) is 9.59 Å². The standard InChI is InChI=1S/C18H27N3O2S/c1-3-20(4-2)16(13-7-8-24-12-13)10-19-18(23)14-9-17(22)21(11-14)15-5-6-15/h7-8,12,14-16H,3-6,9-11H2,1-2H3,(H,19,23). The lowest BCUT2D eigenvalue weighted by molar-refractivity contribution is -0.129. The van der Waals surface area contributed by atoms with E-state index in [9.17, 15) is 9.59 Å². The van der Waals surface area contributed by atoms with E-state index < -0.39 is 0 Å². The summed E-state index contributed by atoms with van der Waals surface area (Å²) in [6.45, 7) is 7.39. The first-order chi connectivity index (χ1) is 11.6. The molecule has 1 aliphatic heterocycles. The van der Waals surface area contributed by atoms with Crippen LogP contribution >= 0.6 is 11.3 Å². The van der Waals surface area contributed by atoms with Gasteiger partial charge in [0.1, 0.15) is 0 Å². The summed E-state index contributed by atoms with van der Waals surface area (Å²) in [6, 6.07) is 2.74. The van der Waals surface area contributed by atoms with E-state index >= 15 is 0 Å². The highest BCUT2D eigenvalue weighted by atomic mass is 32.1. The van der Waals surface area contributed by atoms with Gasteiger partial charge in [0.05, 0.1) is 12.0 Å². The van der Waals surface area contributed by atoms with Crippen molar-refractivity contribution >= 4 is 23.2 Å². The van der Waals surface area contributed by atoms with Crippen molar-refractivity contribution in [2.24, 2.45) is 5.92 Å². The second-order valence-corrected chi connectivity index (χ2v) is 7.50. The van der Waals surface area contributed by atoms with Crippen molar-refractivity contribution in [2.45, 2.75) is 45.2 Å². The van der Waals surface area contributed by atoms with Crippen LogP contribution < -0.4 is 5.32 Å². The topological polar surface area (TPSA) is 52.7 Å². The Hall–Kier alpha value is -1.40.